The molecule has 0 aliphatic heterocycles. The van der Waals surface area contributed by atoms with Crippen molar-refractivity contribution in [3.63, 3.8) is 0 Å². The highest BCUT2D eigenvalue weighted by molar-refractivity contribution is 7.98. The molecule has 1 fully saturated rings. The molecule has 0 amide bonds. The Morgan fingerprint density at radius 1 is 1.18 bits per heavy atom. The van der Waals surface area contributed by atoms with E-state index in [9.17, 15) is 4.79 Å². The lowest BCUT2D eigenvalue weighted by Crippen LogP contribution is -2.25. The monoisotopic (exact) mass is 393 g/mol. The van der Waals surface area contributed by atoms with Crippen molar-refractivity contribution in [2.75, 3.05) is 0 Å². The highest BCUT2D eigenvalue weighted by Crippen LogP contribution is 2.39. The van der Waals surface area contributed by atoms with Crippen LogP contribution in [0, 0.1) is 0 Å². The molecular weight excluding hydrogens is 374 g/mol. The third-order valence-corrected chi connectivity index (χ3v) is 5.99. The van der Waals surface area contributed by atoms with Gasteiger partial charge < -0.3 is 8.98 Å². The normalized spacial score (nSPS) is 14.0. The third kappa shape index (κ3) is 3.13. The largest absolute Gasteiger partial charge is 0.467 e. The van der Waals surface area contributed by atoms with E-state index in [0.29, 0.717) is 34.9 Å². The molecule has 3 heterocycles. The summed E-state index contributed by atoms with van der Waals surface area (Å²) in [4.78, 5) is 17.9. The minimum absolute atomic E-state index is 0.0609. The van der Waals surface area contributed by atoms with E-state index in [-0.39, 0.29) is 5.56 Å². The lowest BCUT2D eigenvalue weighted by Gasteiger charge is -2.12. The van der Waals surface area contributed by atoms with Crippen LogP contribution >= 0.6 is 11.8 Å². The maximum Gasteiger partial charge on any atom is 0.261 e. The minimum atomic E-state index is -0.0609. The number of nitrogens with zero attached hydrogens (tertiary/aromatic N) is 5. The van der Waals surface area contributed by atoms with Crippen molar-refractivity contribution in [1.82, 2.24) is 24.3 Å². The van der Waals surface area contributed by atoms with Gasteiger partial charge in [-0.3, -0.25) is 9.36 Å². The smallest absolute Gasteiger partial charge is 0.261 e. The fourth-order valence-electron chi connectivity index (χ4n) is 3.32. The van der Waals surface area contributed by atoms with Crippen molar-refractivity contribution < 1.29 is 4.42 Å². The molecule has 0 atom stereocenters. The first-order chi connectivity index (χ1) is 13.7. The van der Waals surface area contributed by atoms with Crippen LogP contribution in [-0.2, 0) is 19.3 Å². The number of para-hydroxylation sites is 1. The van der Waals surface area contributed by atoms with Gasteiger partial charge in [0.15, 0.2) is 5.16 Å². The van der Waals surface area contributed by atoms with Gasteiger partial charge in [0, 0.05) is 13.0 Å². The molecular formula is C20H19N5O2S. The Balaban J connectivity index is 1.51. The van der Waals surface area contributed by atoms with Crippen molar-refractivity contribution in [2.24, 2.45) is 7.05 Å². The van der Waals surface area contributed by atoms with Crippen LogP contribution in [-0.4, -0.2) is 24.3 Å². The summed E-state index contributed by atoms with van der Waals surface area (Å²) in [6, 6.07) is 11.1. The number of aromatic nitrogens is 5. The van der Waals surface area contributed by atoms with Crippen molar-refractivity contribution in [3.8, 4) is 0 Å². The van der Waals surface area contributed by atoms with Gasteiger partial charge in [-0.05, 0) is 37.1 Å². The molecule has 0 saturated heterocycles. The lowest BCUT2D eigenvalue weighted by atomic mass is 10.2. The Bertz CT molecular complexity index is 1190. The molecule has 0 radical (unpaired) electrons. The minimum Gasteiger partial charge on any atom is -0.467 e. The molecule has 0 unspecified atom stereocenters. The predicted octanol–water partition coefficient (Wildman–Crippen LogP) is 3.34. The number of hydrogen-bond acceptors (Lipinski definition) is 6. The van der Waals surface area contributed by atoms with Crippen LogP contribution in [0.2, 0.25) is 0 Å². The molecule has 1 aliphatic rings. The van der Waals surface area contributed by atoms with Crippen LogP contribution in [0.5, 0.6) is 0 Å². The fourth-order valence-corrected chi connectivity index (χ4v) is 4.19. The summed E-state index contributed by atoms with van der Waals surface area (Å²) in [5.41, 5.74) is 0.643. The molecule has 1 aromatic carbocycles. The molecule has 28 heavy (non-hydrogen) atoms. The van der Waals surface area contributed by atoms with Crippen molar-refractivity contribution in [3.05, 3.63) is 70.4 Å². The molecule has 0 N–H and O–H groups in total. The number of thioether (sulfide) groups is 1. The molecule has 1 saturated carbocycles. The van der Waals surface area contributed by atoms with Crippen LogP contribution < -0.4 is 5.56 Å². The molecule has 7 nitrogen and oxygen atoms in total. The first-order valence-corrected chi connectivity index (χ1v) is 10.2. The quantitative estimate of drug-likeness (QED) is 0.468. The number of fused-ring (bicyclic) bond motifs is 1. The van der Waals surface area contributed by atoms with E-state index in [2.05, 4.69) is 14.8 Å². The van der Waals surface area contributed by atoms with Gasteiger partial charge in [-0.1, -0.05) is 23.9 Å². The van der Waals surface area contributed by atoms with Crippen LogP contribution in [0.15, 0.2) is 57.0 Å². The molecule has 0 spiro atoms. The predicted molar refractivity (Wildman–Crippen MR) is 106 cm³/mol. The summed E-state index contributed by atoms with van der Waals surface area (Å²) in [6.07, 6.45) is 3.99. The van der Waals surface area contributed by atoms with Crippen LogP contribution in [0.1, 0.15) is 36.2 Å². The number of hydrogen-bond donors (Lipinski definition) is 0. The molecule has 4 aromatic rings. The van der Waals surface area contributed by atoms with Gasteiger partial charge in [0.1, 0.15) is 17.4 Å². The van der Waals surface area contributed by atoms with E-state index < -0.39 is 0 Å². The maximum absolute atomic E-state index is 13.1. The molecule has 1 aliphatic carbocycles. The van der Waals surface area contributed by atoms with Crippen LogP contribution in [0.3, 0.4) is 0 Å². The van der Waals surface area contributed by atoms with E-state index in [4.69, 9.17) is 9.40 Å². The molecule has 142 valence electrons. The summed E-state index contributed by atoms with van der Waals surface area (Å²) >= 11 is 1.55. The highest BCUT2D eigenvalue weighted by Gasteiger charge is 2.29. The van der Waals surface area contributed by atoms with E-state index in [1.54, 1.807) is 22.6 Å². The van der Waals surface area contributed by atoms with Gasteiger partial charge in [0.2, 0.25) is 0 Å². The molecule has 8 heteroatoms. The first-order valence-electron chi connectivity index (χ1n) is 9.23. The molecule has 5 rings (SSSR count). The van der Waals surface area contributed by atoms with Gasteiger partial charge in [-0.15, -0.1) is 10.2 Å². The van der Waals surface area contributed by atoms with E-state index in [1.165, 1.54) is 12.8 Å². The van der Waals surface area contributed by atoms with E-state index >= 15 is 0 Å². The van der Waals surface area contributed by atoms with E-state index in [0.717, 1.165) is 16.7 Å². The molecule has 3 aromatic heterocycles. The Morgan fingerprint density at radius 2 is 2.04 bits per heavy atom. The Kier molecular flexibility index (Phi) is 4.27. The zero-order valence-corrected chi connectivity index (χ0v) is 16.2. The second kappa shape index (κ2) is 6.94. The van der Waals surface area contributed by atoms with Crippen molar-refractivity contribution >= 4 is 22.7 Å². The van der Waals surface area contributed by atoms with Gasteiger partial charge >= 0.3 is 0 Å². The van der Waals surface area contributed by atoms with Gasteiger partial charge in [0.25, 0.3) is 5.56 Å². The van der Waals surface area contributed by atoms with Crippen molar-refractivity contribution in [1.29, 1.82) is 0 Å². The standard InChI is InChI=1S/C20H19N5O2S/c1-24-18(13-8-9-13)22-23-20(24)28-12-17-21-16-7-3-2-6-15(16)19(26)25(17)11-14-5-4-10-27-14/h2-7,10,13H,8-9,11-12H2,1H3. The zero-order valence-electron chi connectivity index (χ0n) is 15.4. The third-order valence-electron chi connectivity index (χ3n) is 4.98. The summed E-state index contributed by atoms with van der Waals surface area (Å²) in [6.45, 7) is 0.353. The number of rotatable bonds is 6. The highest BCUT2D eigenvalue weighted by atomic mass is 32.2. The average Bonchev–Trinajstić information content (AvgIpc) is 3.29. The second-order valence-electron chi connectivity index (χ2n) is 6.98. The molecule has 0 bridgehead atoms. The van der Waals surface area contributed by atoms with Gasteiger partial charge in [0.05, 0.1) is 29.5 Å². The number of benzene rings is 1. The van der Waals surface area contributed by atoms with Crippen LogP contribution in [0.25, 0.3) is 10.9 Å². The summed E-state index contributed by atoms with van der Waals surface area (Å²) in [5, 5.41) is 10.1. The Labute approximate surface area is 165 Å². The maximum atomic E-state index is 13.1. The zero-order chi connectivity index (χ0) is 19.1. The summed E-state index contributed by atoms with van der Waals surface area (Å²) in [7, 11) is 2.00. The second-order valence-corrected chi connectivity index (χ2v) is 7.92. The van der Waals surface area contributed by atoms with Crippen molar-refractivity contribution in [2.45, 2.75) is 36.2 Å². The lowest BCUT2D eigenvalue weighted by molar-refractivity contribution is 0.485. The summed E-state index contributed by atoms with van der Waals surface area (Å²) in [5.74, 6) is 3.53. The summed E-state index contributed by atoms with van der Waals surface area (Å²) < 4.78 is 9.20. The fraction of sp³-hybridized carbons (Fsp3) is 0.300. The number of furan rings is 1. The Morgan fingerprint density at radius 3 is 2.82 bits per heavy atom. The van der Waals surface area contributed by atoms with E-state index in [1.807, 2.05) is 43.4 Å². The Hall–Kier alpha value is -2.87. The van der Waals surface area contributed by atoms with Gasteiger partial charge in [-0.2, -0.15) is 0 Å². The average molecular weight is 393 g/mol. The van der Waals surface area contributed by atoms with Crippen LogP contribution in [0.4, 0.5) is 0 Å². The topological polar surface area (TPSA) is 78.7 Å². The SMILES string of the molecule is Cn1c(SCc2nc3ccccc3c(=O)n2Cc2ccco2)nnc1C1CC1. The first kappa shape index (κ1) is 17.2. The van der Waals surface area contributed by atoms with Gasteiger partial charge in [-0.25, -0.2) is 4.98 Å².